The van der Waals surface area contributed by atoms with Gasteiger partial charge in [-0.05, 0) is 17.7 Å². The molecule has 94 valence electrons. The number of aromatic amines is 1. The molecule has 0 unspecified atom stereocenters. The van der Waals surface area contributed by atoms with Gasteiger partial charge in [0.2, 0.25) is 6.41 Å². The largest absolute Gasteiger partial charge is 0.346 e. The van der Waals surface area contributed by atoms with Crippen molar-refractivity contribution in [2.24, 2.45) is 0 Å². The first-order valence-electron chi connectivity index (χ1n) is 6.19. The van der Waals surface area contributed by atoms with Gasteiger partial charge in [-0.25, -0.2) is 4.98 Å². The van der Waals surface area contributed by atoms with E-state index < -0.39 is 0 Å². The topological polar surface area (TPSA) is 52.2 Å². The number of nitrogens with zero attached hydrogens (tertiary/aromatic N) is 3. The van der Waals surface area contributed by atoms with Crippen LogP contribution in [0.3, 0.4) is 0 Å². The summed E-state index contributed by atoms with van der Waals surface area (Å²) in [5.41, 5.74) is 2.22. The summed E-state index contributed by atoms with van der Waals surface area (Å²) >= 11 is 0. The Kier molecular flexibility index (Phi) is 2.98. The molecule has 2 aromatic heterocycles. The average molecular weight is 244 g/mol. The molecule has 1 aliphatic rings. The van der Waals surface area contributed by atoms with Crippen LogP contribution >= 0.6 is 0 Å². The van der Waals surface area contributed by atoms with Crippen molar-refractivity contribution in [3.05, 3.63) is 30.1 Å². The average Bonchev–Trinajstić information content (AvgIpc) is 2.83. The van der Waals surface area contributed by atoms with E-state index in [9.17, 15) is 4.79 Å². The Labute approximate surface area is 105 Å². The zero-order valence-electron chi connectivity index (χ0n) is 10.2. The molecule has 1 N–H and O–H groups in total. The maximum Gasteiger partial charge on any atom is 0.209 e. The number of fused-ring (bicyclic) bond motifs is 1. The lowest BCUT2D eigenvalue weighted by Gasteiger charge is -2.32. The number of hydrogen-bond donors (Lipinski definition) is 1. The second-order valence-corrected chi connectivity index (χ2v) is 4.63. The molecule has 2 aromatic rings. The SMILES string of the molecule is O=CN1CCN(Cc2c[nH]c3ncccc23)CC1. The second kappa shape index (κ2) is 4.78. The van der Waals surface area contributed by atoms with Gasteiger partial charge in [0.05, 0.1) is 0 Å². The summed E-state index contributed by atoms with van der Waals surface area (Å²) in [6, 6.07) is 4.06. The fourth-order valence-electron chi connectivity index (χ4n) is 2.41. The van der Waals surface area contributed by atoms with Gasteiger partial charge in [-0.2, -0.15) is 0 Å². The van der Waals surface area contributed by atoms with Crippen molar-refractivity contribution < 1.29 is 4.79 Å². The number of piperazine rings is 1. The highest BCUT2D eigenvalue weighted by molar-refractivity contribution is 5.79. The Morgan fingerprint density at radius 1 is 1.33 bits per heavy atom. The smallest absolute Gasteiger partial charge is 0.209 e. The minimum atomic E-state index is 0.824. The maximum atomic E-state index is 10.7. The van der Waals surface area contributed by atoms with Gasteiger partial charge in [0.25, 0.3) is 0 Å². The van der Waals surface area contributed by atoms with E-state index in [2.05, 4.69) is 20.9 Å². The summed E-state index contributed by atoms with van der Waals surface area (Å²) in [4.78, 5) is 22.3. The van der Waals surface area contributed by atoms with Gasteiger partial charge in [0.15, 0.2) is 0 Å². The molecular weight excluding hydrogens is 228 g/mol. The van der Waals surface area contributed by atoms with E-state index in [1.807, 2.05) is 17.2 Å². The molecule has 0 atom stereocenters. The van der Waals surface area contributed by atoms with E-state index in [1.165, 1.54) is 10.9 Å². The molecule has 0 radical (unpaired) electrons. The van der Waals surface area contributed by atoms with Crippen LogP contribution in [0.2, 0.25) is 0 Å². The summed E-state index contributed by atoms with van der Waals surface area (Å²) in [7, 11) is 0. The van der Waals surface area contributed by atoms with Crippen molar-refractivity contribution >= 4 is 17.4 Å². The van der Waals surface area contributed by atoms with Crippen LogP contribution < -0.4 is 0 Å². The summed E-state index contributed by atoms with van der Waals surface area (Å²) in [6.45, 7) is 4.43. The number of amides is 1. The van der Waals surface area contributed by atoms with Crippen LogP contribution in [0.5, 0.6) is 0 Å². The molecule has 0 saturated carbocycles. The summed E-state index contributed by atoms with van der Waals surface area (Å²) < 4.78 is 0. The number of rotatable bonds is 3. The molecule has 0 aliphatic carbocycles. The Morgan fingerprint density at radius 2 is 2.17 bits per heavy atom. The van der Waals surface area contributed by atoms with Gasteiger partial charge in [0.1, 0.15) is 5.65 Å². The van der Waals surface area contributed by atoms with Crippen molar-refractivity contribution in [1.29, 1.82) is 0 Å². The number of hydrogen-bond acceptors (Lipinski definition) is 3. The second-order valence-electron chi connectivity index (χ2n) is 4.63. The fourth-order valence-corrected chi connectivity index (χ4v) is 2.41. The standard InChI is InChI=1S/C13H16N4O/c18-10-17-6-4-16(5-7-17)9-11-8-15-13-12(11)2-1-3-14-13/h1-3,8,10H,4-7,9H2,(H,14,15). The molecule has 3 rings (SSSR count). The van der Waals surface area contributed by atoms with Gasteiger partial charge in [-0.15, -0.1) is 0 Å². The lowest BCUT2D eigenvalue weighted by atomic mass is 10.2. The molecule has 1 amide bonds. The van der Waals surface area contributed by atoms with Gasteiger partial charge in [0, 0.05) is 50.5 Å². The Balaban J connectivity index is 1.71. The van der Waals surface area contributed by atoms with E-state index in [0.29, 0.717) is 0 Å². The van der Waals surface area contributed by atoms with E-state index in [0.717, 1.165) is 44.8 Å². The highest BCUT2D eigenvalue weighted by Crippen LogP contribution is 2.18. The minimum Gasteiger partial charge on any atom is -0.346 e. The van der Waals surface area contributed by atoms with Crippen LogP contribution in [-0.2, 0) is 11.3 Å². The molecule has 0 spiro atoms. The molecule has 1 fully saturated rings. The van der Waals surface area contributed by atoms with Gasteiger partial charge in [-0.3, -0.25) is 9.69 Å². The Hall–Kier alpha value is -1.88. The van der Waals surface area contributed by atoms with Crippen molar-refractivity contribution in [3.8, 4) is 0 Å². The zero-order valence-corrected chi connectivity index (χ0v) is 10.2. The third-order valence-corrected chi connectivity index (χ3v) is 3.49. The Bertz CT molecular complexity index is 543. The highest BCUT2D eigenvalue weighted by Gasteiger charge is 2.16. The van der Waals surface area contributed by atoms with Crippen LogP contribution in [0, 0.1) is 0 Å². The van der Waals surface area contributed by atoms with Gasteiger partial charge in [-0.1, -0.05) is 0 Å². The lowest BCUT2D eigenvalue weighted by molar-refractivity contribution is -0.119. The van der Waals surface area contributed by atoms with Crippen molar-refractivity contribution in [1.82, 2.24) is 19.8 Å². The summed E-state index contributed by atoms with van der Waals surface area (Å²) in [6.07, 6.45) is 4.77. The number of pyridine rings is 1. The number of H-pyrrole nitrogens is 1. The lowest BCUT2D eigenvalue weighted by Crippen LogP contribution is -2.45. The molecule has 1 saturated heterocycles. The van der Waals surface area contributed by atoms with Gasteiger partial charge >= 0.3 is 0 Å². The monoisotopic (exact) mass is 244 g/mol. The maximum absolute atomic E-state index is 10.7. The third-order valence-electron chi connectivity index (χ3n) is 3.49. The van der Waals surface area contributed by atoms with E-state index in [4.69, 9.17) is 0 Å². The van der Waals surface area contributed by atoms with E-state index in [-0.39, 0.29) is 0 Å². The molecule has 5 heteroatoms. The first-order valence-corrected chi connectivity index (χ1v) is 6.19. The molecule has 1 aliphatic heterocycles. The van der Waals surface area contributed by atoms with E-state index in [1.54, 1.807) is 6.20 Å². The molecular formula is C13H16N4O. The Morgan fingerprint density at radius 3 is 2.94 bits per heavy atom. The molecule has 0 aromatic carbocycles. The van der Waals surface area contributed by atoms with Crippen LogP contribution in [0.25, 0.3) is 11.0 Å². The first kappa shape index (κ1) is 11.2. The van der Waals surface area contributed by atoms with Crippen molar-refractivity contribution in [2.75, 3.05) is 26.2 Å². The summed E-state index contributed by atoms with van der Waals surface area (Å²) in [5.74, 6) is 0. The van der Waals surface area contributed by atoms with Crippen LogP contribution in [0.15, 0.2) is 24.5 Å². The third kappa shape index (κ3) is 2.09. The molecule has 18 heavy (non-hydrogen) atoms. The quantitative estimate of drug-likeness (QED) is 0.814. The predicted octanol–water partition coefficient (Wildman–Crippen LogP) is 0.837. The highest BCUT2D eigenvalue weighted by atomic mass is 16.1. The molecule has 5 nitrogen and oxygen atoms in total. The van der Waals surface area contributed by atoms with E-state index >= 15 is 0 Å². The summed E-state index contributed by atoms with van der Waals surface area (Å²) in [5, 5.41) is 1.19. The minimum absolute atomic E-state index is 0.824. The number of aromatic nitrogens is 2. The molecule has 0 bridgehead atoms. The van der Waals surface area contributed by atoms with Crippen molar-refractivity contribution in [2.45, 2.75) is 6.54 Å². The fraction of sp³-hybridized carbons (Fsp3) is 0.385. The van der Waals surface area contributed by atoms with Crippen LogP contribution in [0.1, 0.15) is 5.56 Å². The number of carbonyl (C=O) groups excluding carboxylic acids is 1. The number of nitrogens with one attached hydrogen (secondary N) is 1. The zero-order chi connectivity index (χ0) is 12.4. The van der Waals surface area contributed by atoms with Crippen molar-refractivity contribution in [3.63, 3.8) is 0 Å². The number of carbonyl (C=O) groups is 1. The van der Waals surface area contributed by atoms with Crippen LogP contribution in [0.4, 0.5) is 0 Å². The van der Waals surface area contributed by atoms with Gasteiger partial charge < -0.3 is 9.88 Å². The predicted molar refractivity (Wildman–Crippen MR) is 69.0 cm³/mol. The molecule has 3 heterocycles. The normalized spacial score (nSPS) is 17.2. The first-order chi connectivity index (χ1) is 8.86. The van der Waals surface area contributed by atoms with Crippen LogP contribution in [-0.4, -0.2) is 52.4 Å².